The normalized spacial score (nSPS) is 11.5. The number of hydrogen-bond acceptors (Lipinski definition) is 7. The number of methoxy groups -OCH3 is 1. The zero-order chi connectivity index (χ0) is 23.0. The fourth-order valence-electron chi connectivity index (χ4n) is 3.34. The third-order valence-corrected chi connectivity index (χ3v) is 6.36. The van der Waals surface area contributed by atoms with E-state index >= 15 is 0 Å². The molecule has 0 aliphatic carbocycles. The second-order valence-electron chi connectivity index (χ2n) is 7.03. The Labute approximate surface area is 188 Å². The lowest BCUT2D eigenvalue weighted by atomic mass is 10.2. The Kier molecular flexibility index (Phi) is 5.53. The maximum atomic E-state index is 13.1. The lowest BCUT2D eigenvalue weighted by Crippen LogP contribution is -2.21. The molecule has 0 aliphatic rings. The van der Waals surface area contributed by atoms with Gasteiger partial charge in [-0.3, -0.25) is 9.36 Å². The number of hydrogen-bond donors (Lipinski definition) is 2. The molecule has 0 fully saturated rings. The molecule has 32 heavy (non-hydrogen) atoms. The molecule has 0 atom stereocenters. The number of benzene rings is 2. The number of nitrogens with zero attached hydrogens (tertiary/aromatic N) is 3. The second kappa shape index (κ2) is 8.17. The minimum Gasteiger partial charge on any atom is -0.495 e. The van der Waals surface area contributed by atoms with Gasteiger partial charge in [-0.1, -0.05) is 6.07 Å². The fourth-order valence-corrected chi connectivity index (χ4v) is 4.58. The summed E-state index contributed by atoms with van der Waals surface area (Å²) in [5, 5.41) is 0.392. The first-order chi connectivity index (χ1) is 15.2. The van der Waals surface area contributed by atoms with Crippen LogP contribution >= 0.6 is 12.2 Å². The Balaban J connectivity index is 1.73. The smallest absolute Gasteiger partial charge is 0.266 e. The van der Waals surface area contributed by atoms with Crippen LogP contribution in [-0.4, -0.2) is 35.0 Å². The number of anilines is 1. The zero-order valence-corrected chi connectivity index (χ0v) is 19.0. The zero-order valence-electron chi connectivity index (χ0n) is 17.4. The molecular formula is C21H19N5O4S2. The third-order valence-electron chi connectivity index (χ3n) is 4.73. The number of fused-ring (bicyclic) bond motifs is 1. The average Bonchev–Trinajstić information content (AvgIpc) is 2.72. The number of ether oxygens (including phenoxy) is 1. The van der Waals surface area contributed by atoms with E-state index in [1.54, 1.807) is 38.1 Å². The van der Waals surface area contributed by atoms with E-state index in [0.717, 1.165) is 0 Å². The number of aromatic nitrogens is 4. The number of sulfonamides is 1. The van der Waals surface area contributed by atoms with E-state index in [2.05, 4.69) is 19.7 Å². The molecule has 0 bridgehead atoms. The molecular weight excluding hydrogens is 450 g/mol. The summed E-state index contributed by atoms with van der Waals surface area (Å²) in [6.45, 7) is 3.50. The molecule has 2 heterocycles. The van der Waals surface area contributed by atoms with Crippen molar-refractivity contribution in [3.8, 4) is 11.4 Å². The van der Waals surface area contributed by atoms with E-state index < -0.39 is 10.0 Å². The topological polar surface area (TPSA) is 119 Å². The van der Waals surface area contributed by atoms with E-state index in [0.29, 0.717) is 33.7 Å². The van der Waals surface area contributed by atoms with Crippen LogP contribution in [0.5, 0.6) is 5.75 Å². The predicted molar refractivity (Wildman–Crippen MR) is 124 cm³/mol. The summed E-state index contributed by atoms with van der Waals surface area (Å²) in [7, 11) is -2.42. The number of rotatable bonds is 5. The number of nitrogens with one attached hydrogen (secondary N) is 2. The molecule has 0 saturated heterocycles. The van der Waals surface area contributed by atoms with Gasteiger partial charge in [-0.05, 0) is 68.5 Å². The van der Waals surface area contributed by atoms with E-state index in [4.69, 9.17) is 17.0 Å². The van der Waals surface area contributed by atoms with Crippen molar-refractivity contribution in [3.05, 3.63) is 75.0 Å². The van der Waals surface area contributed by atoms with Crippen LogP contribution in [0.4, 0.5) is 5.95 Å². The van der Waals surface area contributed by atoms with Gasteiger partial charge < -0.3 is 9.72 Å². The van der Waals surface area contributed by atoms with Crippen LogP contribution in [-0.2, 0) is 10.0 Å². The second-order valence-corrected chi connectivity index (χ2v) is 9.10. The van der Waals surface area contributed by atoms with Crippen LogP contribution < -0.4 is 15.0 Å². The summed E-state index contributed by atoms with van der Waals surface area (Å²) >= 11 is 5.38. The van der Waals surface area contributed by atoms with Crippen molar-refractivity contribution < 1.29 is 13.2 Å². The Bertz CT molecular complexity index is 1540. The first-order valence-electron chi connectivity index (χ1n) is 9.47. The van der Waals surface area contributed by atoms with Gasteiger partial charge in [-0.25, -0.2) is 23.1 Å². The molecule has 4 rings (SSSR count). The predicted octanol–water partition coefficient (Wildman–Crippen LogP) is 3.26. The summed E-state index contributed by atoms with van der Waals surface area (Å²) in [6.07, 6.45) is 0. The van der Waals surface area contributed by atoms with E-state index in [1.807, 2.05) is 0 Å². The highest BCUT2D eigenvalue weighted by Gasteiger charge is 2.17. The van der Waals surface area contributed by atoms with E-state index in [1.165, 1.54) is 35.9 Å². The van der Waals surface area contributed by atoms with Gasteiger partial charge in [0.05, 0.1) is 28.6 Å². The van der Waals surface area contributed by atoms with Crippen LogP contribution in [0.1, 0.15) is 11.4 Å². The van der Waals surface area contributed by atoms with Crippen LogP contribution in [0, 0.1) is 18.6 Å². The monoisotopic (exact) mass is 469 g/mol. The van der Waals surface area contributed by atoms with Crippen LogP contribution in [0.25, 0.3) is 16.6 Å². The average molecular weight is 470 g/mol. The van der Waals surface area contributed by atoms with Gasteiger partial charge in [0.1, 0.15) is 5.75 Å². The van der Waals surface area contributed by atoms with Crippen LogP contribution in [0.2, 0.25) is 0 Å². The lowest BCUT2D eigenvalue weighted by Gasteiger charge is -2.11. The van der Waals surface area contributed by atoms with Crippen molar-refractivity contribution in [2.45, 2.75) is 18.7 Å². The van der Waals surface area contributed by atoms with Crippen molar-refractivity contribution in [3.63, 3.8) is 0 Å². The summed E-state index contributed by atoms with van der Waals surface area (Å²) in [5.41, 5.74) is 1.86. The maximum absolute atomic E-state index is 13.1. The van der Waals surface area contributed by atoms with Gasteiger partial charge in [-0.15, -0.1) is 0 Å². The quantitative estimate of drug-likeness (QED) is 0.431. The van der Waals surface area contributed by atoms with Gasteiger partial charge in [0.2, 0.25) is 5.95 Å². The van der Waals surface area contributed by atoms with Gasteiger partial charge in [0.15, 0.2) is 4.77 Å². The molecule has 2 aromatic carbocycles. The molecule has 11 heteroatoms. The Hall–Kier alpha value is -3.57. The van der Waals surface area contributed by atoms with E-state index in [9.17, 15) is 13.2 Å². The van der Waals surface area contributed by atoms with Gasteiger partial charge in [0.25, 0.3) is 15.6 Å². The fraction of sp³-hybridized carbons (Fsp3) is 0.143. The number of H-pyrrole nitrogens is 1. The lowest BCUT2D eigenvalue weighted by molar-refractivity contribution is 0.418. The van der Waals surface area contributed by atoms with Crippen LogP contribution in [0.15, 0.2) is 58.2 Å². The van der Waals surface area contributed by atoms with Crippen LogP contribution in [0.3, 0.4) is 0 Å². The minimum absolute atomic E-state index is 0.00517. The summed E-state index contributed by atoms with van der Waals surface area (Å²) in [6, 6.07) is 12.6. The Morgan fingerprint density at radius 2 is 1.72 bits per heavy atom. The SMILES string of the molecule is COc1cccc2c(=O)n(-c3ccc(S(=O)(=O)Nc4nc(C)cc(C)n4)cc3)c(=S)[nH]c12. The van der Waals surface area contributed by atoms with E-state index in [-0.39, 0.29) is 21.2 Å². The van der Waals surface area contributed by atoms with Gasteiger partial charge in [-0.2, -0.15) is 0 Å². The van der Waals surface area contributed by atoms with Crippen molar-refractivity contribution in [1.82, 2.24) is 19.5 Å². The maximum Gasteiger partial charge on any atom is 0.266 e. The highest BCUT2D eigenvalue weighted by Crippen LogP contribution is 2.22. The molecule has 0 amide bonds. The molecule has 2 aromatic heterocycles. The molecule has 2 N–H and O–H groups in total. The van der Waals surface area contributed by atoms with Crippen molar-refractivity contribution >= 4 is 39.1 Å². The summed E-state index contributed by atoms with van der Waals surface area (Å²) < 4.78 is 34.6. The summed E-state index contributed by atoms with van der Waals surface area (Å²) in [5.74, 6) is 0.493. The molecule has 0 saturated carbocycles. The van der Waals surface area contributed by atoms with Gasteiger partial charge in [0, 0.05) is 11.4 Å². The Morgan fingerprint density at radius 1 is 1.06 bits per heavy atom. The Morgan fingerprint density at radius 3 is 2.34 bits per heavy atom. The number of aryl methyl sites for hydroxylation is 2. The largest absolute Gasteiger partial charge is 0.495 e. The summed E-state index contributed by atoms with van der Waals surface area (Å²) in [4.78, 5) is 24.3. The van der Waals surface area contributed by atoms with Crippen molar-refractivity contribution in [1.29, 1.82) is 0 Å². The standard InChI is InChI=1S/C21H19N5O4S2/c1-12-11-13(2)23-20(22-12)25-32(28,29)15-9-7-14(8-10-15)26-19(27)16-5-4-6-17(30-3)18(16)24-21(26)31/h4-11H,1-3H3,(H,24,31)(H,22,23,25). The molecule has 0 radical (unpaired) electrons. The molecule has 0 aliphatic heterocycles. The minimum atomic E-state index is -3.92. The third kappa shape index (κ3) is 3.99. The number of aromatic amines is 1. The number of para-hydroxylation sites is 1. The first kappa shape index (κ1) is 21.7. The molecule has 0 spiro atoms. The highest BCUT2D eigenvalue weighted by atomic mass is 32.2. The molecule has 4 aromatic rings. The molecule has 164 valence electrons. The molecule has 0 unspecified atom stereocenters. The van der Waals surface area contributed by atoms with Crippen molar-refractivity contribution in [2.24, 2.45) is 0 Å². The highest BCUT2D eigenvalue weighted by molar-refractivity contribution is 7.92. The van der Waals surface area contributed by atoms with Gasteiger partial charge >= 0.3 is 0 Å². The van der Waals surface area contributed by atoms with Crippen molar-refractivity contribution in [2.75, 3.05) is 11.8 Å². The first-order valence-corrected chi connectivity index (χ1v) is 11.4. The molecule has 9 nitrogen and oxygen atoms in total.